The van der Waals surface area contributed by atoms with E-state index < -0.39 is 0 Å². The number of benzene rings is 4. The van der Waals surface area contributed by atoms with Gasteiger partial charge in [-0.2, -0.15) is 0 Å². The van der Waals surface area contributed by atoms with Crippen LogP contribution in [0.25, 0.3) is 0 Å². The SMILES string of the molecule is c1ccc(CC2(Cc3ccccc3)C[C@H](c3ccccc3)[C@@H]2c2ccccc2)cc1. The lowest BCUT2D eigenvalue weighted by Crippen LogP contribution is -2.48. The smallest absolute Gasteiger partial charge is 0.00297 e. The lowest BCUT2D eigenvalue weighted by atomic mass is 9.47. The van der Waals surface area contributed by atoms with Gasteiger partial charge in [-0.25, -0.2) is 0 Å². The normalized spacial score (nSPS) is 19.7. The second-order valence-corrected chi connectivity index (χ2v) is 8.80. The van der Waals surface area contributed by atoms with E-state index in [4.69, 9.17) is 0 Å². The molecule has 0 spiro atoms. The van der Waals surface area contributed by atoms with Gasteiger partial charge in [-0.3, -0.25) is 0 Å². The number of rotatable bonds is 6. The molecule has 1 aliphatic carbocycles. The van der Waals surface area contributed by atoms with Gasteiger partial charge in [-0.05, 0) is 58.8 Å². The molecule has 0 amide bonds. The number of hydrogen-bond acceptors (Lipinski definition) is 0. The summed E-state index contributed by atoms with van der Waals surface area (Å²) in [6.45, 7) is 0. The van der Waals surface area contributed by atoms with E-state index in [1.165, 1.54) is 28.7 Å². The van der Waals surface area contributed by atoms with E-state index in [0.717, 1.165) is 12.8 Å². The molecule has 1 fully saturated rings. The first-order valence-electron chi connectivity index (χ1n) is 11.0. The lowest BCUT2D eigenvalue weighted by molar-refractivity contribution is 0.0573. The monoisotopic (exact) mass is 388 g/mol. The molecule has 1 aliphatic rings. The summed E-state index contributed by atoms with van der Waals surface area (Å²) in [6.07, 6.45) is 3.46. The van der Waals surface area contributed by atoms with Crippen LogP contribution in [-0.4, -0.2) is 0 Å². The Hall–Kier alpha value is -3.12. The van der Waals surface area contributed by atoms with E-state index >= 15 is 0 Å². The molecule has 2 atom stereocenters. The quantitative estimate of drug-likeness (QED) is 0.322. The second-order valence-electron chi connectivity index (χ2n) is 8.80. The third-order valence-electron chi connectivity index (χ3n) is 6.87. The van der Waals surface area contributed by atoms with Crippen LogP contribution in [-0.2, 0) is 12.8 Å². The highest BCUT2D eigenvalue weighted by Crippen LogP contribution is 2.64. The molecule has 0 bridgehead atoms. The molecule has 148 valence electrons. The Labute approximate surface area is 180 Å². The zero-order valence-corrected chi connectivity index (χ0v) is 17.3. The zero-order chi connectivity index (χ0) is 20.2. The van der Waals surface area contributed by atoms with Crippen LogP contribution in [0.1, 0.15) is 40.5 Å². The Morgan fingerprint density at radius 1 is 0.500 bits per heavy atom. The van der Waals surface area contributed by atoms with Gasteiger partial charge in [0.05, 0.1) is 0 Å². The summed E-state index contributed by atoms with van der Waals surface area (Å²) < 4.78 is 0. The van der Waals surface area contributed by atoms with Crippen molar-refractivity contribution in [2.24, 2.45) is 5.41 Å². The zero-order valence-electron chi connectivity index (χ0n) is 17.3. The second kappa shape index (κ2) is 8.32. The van der Waals surface area contributed by atoms with Crippen molar-refractivity contribution in [3.8, 4) is 0 Å². The molecule has 0 heteroatoms. The maximum absolute atomic E-state index is 2.34. The van der Waals surface area contributed by atoms with E-state index in [9.17, 15) is 0 Å². The van der Waals surface area contributed by atoms with E-state index in [0.29, 0.717) is 11.8 Å². The minimum absolute atomic E-state index is 0.227. The molecule has 5 rings (SSSR count). The van der Waals surface area contributed by atoms with Gasteiger partial charge >= 0.3 is 0 Å². The van der Waals surface area contributed by atoms with Crippen LogP contribution >= 0.6 is 0 Å². The molecule has 0 N–H and O–H groups in total. The van der Waals surface area contributed by atoms with Crippen LogP contribution in [0.5, 0.6) is 0 Å². The first-order valence-corrected chi connectivity index (χ1v) is 11.0. The Morgan fingerprint density at radius 3 is 1.37 bits per heavy atom. The van der Waals surface area contributed by atoms with Crippen LogP contribution in [0.4, 0.5) is 0 Å². The van der Waals surface area contributed by atoms with E-state index in [-0.39, 0.29) is 5.41 Å². The summed E-state index contributed by atoms with van der Waals surface area (Å²) in [6, 6.07) is 44.5. The molecule has 4 aromatic rings. The maximum Gasteiger partial charge on any atom is -0.00297 e. The largest absolute Gasteiger partial charge is 0.0622 e. The van der Waals surface area contributed by atoms with Gasteiger partial charge in [-0.1, -0.05) is 121 Å². The van der Waals surface area contributed by atoms with E-state index in [2.05, 4.69) is 121 Å². The molecule has 0 saturated heterocycles. The average Bonchev–Trinajstić information content (AvgIpc) is 2.80. The molecule has 0 aliphatic heterocycles. The fraction of sp³-hybridized carbons (Fsp3) is 0.200. The molecule has 0 nitrogen and oxygen atoms in total. The van der Waals surface area contributed by atoms with Crippen LogP contribution in [0.2, 0.25) is 0 Å². The summed E-state index contributed by atoms with van der Waals surface area (Å²) in [4.78, 5) is 0. The summed E-state index contributed by atoms with van der Waals surface area (Å²) in [7, 11) is 0. The van der Waals surface area contributed by atoms with Gasteiger partial charge < -0.3 is 0 Å². The summed E-state index contributed by atoms with van der Waals surface area (Å²) in [5, 5.41) is 0. The standard InChI is InChI=1S/C30H28/c1-5-13-24(14-6-1)21-30(22-25-15-7-2-8-16-25)23-28(26-17-9-3-10-18-26)29(30)27-19-11-4-12-20-27/h1-20,28-29H,21-23H2/t28-,29+/m1/s1. The summed E-state index contributed by atoms with van der Waals surface area (Å²) >= 11 is 0. The van der Waals surface area contributed by atoms with Crippen LogP contribution in [0.15, 0.2) is 121 Å². The minimum atomic E-state index is 0.227. The Balaban J connectivity index is 1.58. The summed E-state index contributed by atoms with van der Waals surface area (Å²) in [5.41, 5.74) is 6.07. The van der Waals surface area contributed by atoms with Crippen molar-refractivity contribution in [3.05, 3.63) is 144 Å². The predicted molar refractivity (Wildman–Crippen MR) is 126 cm³/mol. The summed E-state index contributed by atoms with van der Waals surface area (Å²) in [5.74, 6) is 1.09. The van der Waals surface area contributed by atoms with Crippen molar-refractivity contribution in [1.29, 1.82) is 0 Å². The topological polar surface area (TPSA) is 0 Å². The Kier molecular flexibility index (Phi) is 5.24. The highest BCUT2D eigenvalue weighted by molar-refractivity contribution is 5.39. The van der Waals surface area contributed by atoms with Crippen molar-refractivity contribution in [2.75, 3.05) is 0 Å². The first kappa shape index (κ1) is 18.9. The maximum atomic E-state index is 2.34. The van der Waals surface area contributed by atoms with Crippen molar-refractivity contribution in [3.63, 3.8) is 0 Å². The van der Waals surface area contributed by atoms with Crippen LogP contribution < -0.4 is 0 Å². The molecule has 0 unspecified atom stereocenters. The van der Waals surface area contributed by atoms with Gasteiger partial charge in [0.2, 0.25) is 0 Å². The van der Waals surface area contributed by atoms with E-state index in [1.807, 2.05) is 0 Å². The third kappa shape index (κ3) is 3.71. The fourth-order valence-electron chi connectivity index (χ4n) is 5.64. The van der Waals surface area contributed by atoms with Crippen molar-refractivity contribution in [2.45, 2.75) is 31.1 Å². The molecule has 30 heavy (non-hydrogen) atoms. The Morgan fingerprint density at radius 2 is 0.900 bits per heavy atom. The number of hydrogen-bond donors (Lipinski definition) is 0. The van der Waals surface area contributed by atoms with Gasteiger partial charge in [0.15, 0.2) is 0 Å². The molecule has 4 aromatic carbocycles. The average molecular weight is 389 g/mol. The first-order chi connectivity index (χ1) is 14.8. The third-order valence-corrected chi connectivity index (χ3v) is 6.87. The Bertz CT molecular complexity index is 1010. The van der Waals surface area contributed by atoms with Crippen LogP contribution in [0.3, 0.4) is 0 Å². The van der Waals surface area contributed by atoms with Crippen molar-refractivity contribution in [1.82, 2.24) is 0 Å². The van der Waals surface area contributed by atoms with Gasteiger partial charge in [0, 0.05) is 0 Å². The van der Waals surface area contributed by atoms with E-state index in [1.54, 1.807) is 0 Å². The lowest BCUT2D eigenvalue weighted by Gasteiger charge is -2.57. The molecule has 1 saturated carbocycles. The predicted octanol–water partition coefficient (Wildman–Crippen LogP) is 7.43. The van der Waals surface area contributed by atoms with Crippen molar-refractivity contribution < 1.29 is 0 Å². The van der Waals surface area contributed by atoms with Gasteiger partial charge in [0.25, 0.3) is 0 Å². The molecule has 0 heterocycles. The van der Waals surface area contributed by atoms with Crippen molar-refractivity contribution >= 4 is 0 Å². The minimum Gasteiger partial charge on any atom is -0.0622 e. The molecular weight excluding hydrogens is 360 g/mol. The fourth-order valence-corrected chi connectivity index (χ4v) is 5.64. The van der Waals surface area contributed by atoms with Gasteiger partial charge in [0.1, 0.15) is 0 Å². The molecule has 0 aromatic heterocycles. The molecule has 0 radical (unpaired) electrons. The highest BCUT2D eigenvalue weighted by Gasteiger charge is 2.54. The van der Waals surface area contributed by atoms with Gasteiger partial charge in [-0.15, -0.1) is 0 Å². The molecular formula is C30H28. The van der Waals surface area contributed by atoms with Crippen LogP contribution in [0, 0.1) is 5.41 Å². The highest BCUT2D eigenvalue weighted by atomic mass is 14.6.